The predicted molar refractivity (Wildman–Crippen MR) is 111 cm³/mol. The van der Waals surface area contributed by atoms with Crippen molar-refractivity contribution in [2.75, 3.05) is 25.4 Å². The standard InChI is InChI=1S/C22H22N4O3/c1-27-16-9-5-8-15(11-16)20-19(21(23)26-22(24)25-20)17(18-12-28-13-29-18)10-14-6-3-2-4-7-14/h2-9,11-12,17H,10,13H2,1H3,(H4,23,24,25,26). The van der Waals surface area contributed by atoms with Gasteiger partial charge in [0.2, 0.25) is 12.7 Å². The molecule has 0 fully saturated rings. The first kappa shape index (κ1) is 18.6. The lowest BCUT2D eigenvalue weighted by atomic mass is 9.87. The van der Waals surface area contributed by atoms with Crippen LogP contribution in [0.15, 0.2) is 66.6 Å². The highest BCUT2D eigenvalue weighted by Crippen LogP contribution is 2.40. The number of aromatic nitrogens is 2. The average Bonchev–Trinajstić information content (AvgIpc) is 3.27. The fraction of sp³-hybridized carbons (Fsp3) is 0.182. The first-order valence-corrected chi connectivity index (χ1v) is 9.21. The molecule has 148 valence electrons. The second kappa shape index (κ2) is 8.10. The molecule has 0 spiro atoms. The van der Waals surface area contributed by atoms with E-state index < -0.39 is 0 Å². The summed E-state index contributed by atoms with van der Waals surface area (Å²) in [7, 11) is 1.62. The third-order valence-corrected chi connectivity index (χ3v) is 4.80. The Balaban J connectivity index is 1.87. The molecule has 0 bridgehead atoms. The molecule has 0 amide bonds. The van der Waals surface area contributed by atoms with Crippen LogP contribution in [-0.4, -0.2) is 23.9 Å². The minimum absolute atomic E-state index is 0.111. The molecule has 1 aliphatic heterocycles. The van der Waals surface area contributed by atoms with Gasteiger partial charge in [0.25, 0.3) is 0 Å². The normalized spacial score (nSPS) is 13.9. The fourth-order valence-electron chi connectivity index (χ4n) is 3.47. The van der Waals surface area contributed by atoms with Crippen LogP contribution in [0.1, 0.15) is 17.0 Å². The molecule has 4 N–H and O–H groups in total. The smallest absolute Gasteiger partial charge is 0.229 e. The van der Waals surface area contributed by atoms with Crippen molar-refractivity contribution in [2.24, 2.45) is 0 Å². The molecule has 7 heteroatoms. The summed E-state index contributed by atoms with van der Waals surface area (Å²) in [6.07, 6.45) is 2.27. The summed E-state index contributed by atoms with van der Waals surface area (Å²) in [4.78, 5) is 8.75. The Morgan fingerprint density at radius 2 is 1.90 bits per heavy atom. The zero-order valence-corrected chi connectivity index (χ0v) is 16.0. The largest absolute Gasteiger partial charge is 0.497 e. The lowest BCUT2D eigenvalue weighted by Gasteiger charge is -2.22. The number of anilines is 2. The van der Waals surface area contributed by atoms with Crippen molar-refractivity contribution in [3.8, 4) is 17.0 Å². The predicted octanol–water partition coefficient (Wildman–Crippen LogP) is 3.49. The molecule has 1 unspecified atom stereocenters. The topological polar surface area (TPSA) is 106 Å². The molecule has 0 aliphatic carbocycles. The van der Waals surface area contributed by atoms with E-state index in [1.165, 1.54) is 0 Å². The monoisotopic (exact) mass is 390 g/mol. The van der Waals surface area contributed by atoms with E-state index in [0.717, 1.165) is 16.7 Å². The third kappa shape index (κ3) is 3.94. The van der Waals surface area contributed by atoms with Crippen molar-refractivity contribution in [1.29, 1.82) is 0 Å². The minimum atomic E-state index is -0.235. The van der Waals surface area contributed by atoms with Gasteiger partial charge in [0.1, 0.15) is 23.6 Å². The number of nitrogens with zero attached hydrogens (tertiary/aromatic N) is 2. The van der Waals surface area contributed by atoms with Crippen molar-refractivity contribution in [3.63, 3.8) is 0 Å². The van der Waals surface area contributed by atoms with Crippen LogP contribution in [0, 0.1) is 0 Å². The van der Waals surface area contributed by atoms with Crippen LogP contribution >= 0.6 is 0 Å². The first-order valence-electron chi connectivity index (χ1n) is 9.21. The van der Waals surface area contributed by atoms with Crippen LogP contribution in [-0.2, 0) is 15.9 Å². The van der Waals surface area contributed by atoms with Gasteiger partial charge in [0.15, 0.2) is 0 Å². The van der Waals surface area contributed by atoms with Crippen molar-refractivity contribution < 1.29 is 14.2 Å². The SMILES string of the molecule is COc1cccc(-c2nc(N)nc(N)c2C(Cc2ccccc2)C2=COCO2)c1. The molecule has 1 aromatic heterocycles. The number of ether oxygens (including phenoxy) is 3. The van der Waals surface area contributed by atoms with E-state index in [0.29, 0.717) is 29.4 Å². The molecule has 2 heterocycles. The van der Waals surface area contributed by atoms with Crippen LogP contribution in [0.25, 0.3) is 11.3 Å². The third-order valence-electron chi connectivity index (χ3n) is 4.80. The molecule has 0 radical (unpaired) electrons. The van der Waals surface area contributed by atoms with Gasteiger partial charge in [-0.25, -0.2) is 4.98 Å². The summed E-state index contributed by atoms with van der Waals surface area (Å²) in [6.45, 7) is 0.171. The van der Waals surface area contributed by atoms with Gasteiger partial charge in [-0.05, 0) is 24.1 Å². The van der Waals surface area contributed by atoms with E-state index >= 15 is 0 Å². The molecule has 4 rings (SSSR count). The molecule has 7 nitrogen and oxygen atoms in total. The number of nitrogens with two attached hydrogens (primary N) is 2. The maximum Gasteiger partial charge on any atom is 0.229 e. The van der Waals surface area contributed by atoms with Gasteiger partial charge in [-0.3, -0.25) is 0 Å². The van der Waals surface area contributed by atoms with Gasteiger partial charge < -0.3 is 25.7 Å². The summed E-state index contributed by atoms with van der Waals surface area (Å²) >= 11 is 0. The van der Waals surface area contributed by atoms with Crippen LogP contribution in [0.5, 0.6) is 5.75 Å². The van der Waals surface area contributed by atoms with Crippen molar-refractivity contribution in [2.45, 2.75) is 12.3 Å². The second-order valence-corrected chi connectivity index (χ2v) is 6.65. The van der Waals surface area contributed by atoms with Crippen molar-refractivity contribution in [1.82, 2.24) is 9.97 Å². The summed E-state index contributed by atoms with van der Waals surface area (Å²) in [5.74, 6) is 1.58. The van der Waals surface area contributed by atoms with E-state index in [1.54, 1.807) is 13.4 Å². The highest BCUT2D eigenvalue weighted by Gasteiger charge is 2.29. The lowest BCUT2D eigenvalue weighted by molar-refractivity contribution is 0.0752. The molecule has 0 saturated heterocycles. The number of benzene rings is 2. The van der Waals surface area contributed by atoms with Crippen LogP contribution < -0.4 is 16.2 Å². The van der Waals surface area contributed by atoms with Crippen LogP contribution in [0.3, 0.4) is 0 Å². The fourth-order valence-corrected chi connectivity index (χ4v) is 3.47. The van der Waals surface area contributed by atoms with E-state index in [2.05, 4.69) is 22.1 Å². The zero-order chi connectivity index (χ0) is 20.2. The Labute approximate surface area is 168 Å². The van der Waals surface area contributed by atoms with E-state index in [9.17, 15) is 0 Å². The van der Waals surface area contributed by atoms with Gasteiger partial charge in [0, 0.05) is 11.1 Å². The zero-order valence-electron chi connectivity index (χ0n) is 16.0. The van der Waals surface area contributed by atoms with Gasteiger partial charge >= 0.3 is 0 Å². The number of hydrogen-bond donors (Lipinski definition) is 2. The van der Waals surface area contributed by atoms with Gasteiger partial charge in [-0.1, -0.05) is 42.5 Å². The Hall–Kier alpha value is -3.74. The van der Waals surface area contributed by atoms with Crippen molar-refractivity contribution in [3.05, 3.63) is 77.7 Å². The van der Waals surface area contributed by atoms with Gasteiger partial charge in [0.05, 0.1) is 18.7 Å². The number of allylic oxidation sites excluding steroid dienone is 1. The Bertz CT molecular complexity index is 1040. The minimum Gasteiger partial charge on any atom is -0.497 e. The highest BCUT2D eigenvalue weighted by molar-refractivity contribution is 5.72. The quantitative estimate of drug-likeness (QED) is 0.664. The average molecular weight is 390 g/mol. The van der Waals surface area contributed by atoms with Gasteiger partial charge in [-0.15, -0.1) is 0 Å². The number of rotatable bonds is 6. The number of hydrogen-bond acceptors (Lipinski definition) is 7. The molecular formula is C22H22N4O3. The van der Waals surface area contributed by atoms with Crippen LogP contribution in [0.4, 0.5) is 11.8 Å². The molecular weight excluding hydrogens is 368 g/mol. The van der Waals surface area contributed by atoms with Crippen LogP contribution in [0.2, 0.25) is 0 Å². The first-order chi connectivity index (χ1) is 14.2. The Morgan fingerprint density at radius 1 is 1.07 bits per heavy atom. The Kier molecular flexibility index (Phi) is 5.20. The summed E-state index contributed by atoms with van der Waals surface area (Å²) < 4.78 is 16.4. The van der Waals surface area contributed by atoms with E-state index in [4.69, 9.17) is 25.7 Å². The summed E-state index contributed by atoms with van der Waals surface area (Å²) in [6, 6.07) is 17.7. The molecule has 2 aromatic carbocycles. The molecule has 1 atom stereocenters. The maximum atomic E-state index is 6.37. The summed E-state index contributed by atoms with van der Waals surface area (Å²) in [5.41, 5.74) is 15.7. The molecule has 1 aliphatic rings. The van der Waals surface area contributed by atoms with E-state index in [-0.39, 0.29) is 18.7 Å². The number of nitrogen functional groups attached to an aromatic ring is 2. The maximum absolute atomic E-state index is 6.37. The summed E-state index contributed by atoms with van der Waals surface area (Å²) in [5, 5.41) is 0. The molecule has 29 heavy (non-hydrogen) atoms. The molecule has 3 aromatic rings. The Morgan fingerprint density at radius 3 is 2.62 bits per heavy atom. The van der Waals surface area contributed by atoms with E-state index in [1.807, 2.05) is 42.5 Å². The lowest BCUT2D eigenvalue weighted by Crippen LogP contribution is -2.15. The second-order valence-electron chi connectivity index (χ2n) is 6.65. The number of methoxy groups -OCH3 is 1. The molecule has 0 saturated carbocycles. The van der Waals surface area contributed by atoms with Gasteiger partial charge in [-0.2, -0.15) is 4.98 Å². The highest BCUT2D eigenvalue weighted by atomic mass is 16.7. The van der Waals surface area contributed by atoms with Crippen molar-refractivity contribution >= 4 is 11.8 Å².